The average molecular weight is 507 g/mol. The number of nitrogens with zero attached hydrogens (tertiary/aromatic N) is 4. The maximum absolute atomic E-state index is 5.97. The Morgan fingerprint density at radius 1 is 0.474 bits per heavy atom. The number of aliphatic imine (C=N–C) groups is 4. The van der Waals surface area contributed by atoms with Crippen molar-refractivity contribution in [2.75, 3.05) is 26.4 Å². The van der Waals surface area contributed by atoms with E-state index in [9.17, 15) is 0 Å². The van der Waals surface area contributed by atoms with Crippen LogP contribution in [-0.2, 0) is 4.74 Å². The molecule has 3 aromatic carbocycles. The van der Waals surface area contributed by atoms with Crippen LogP contribution in [0.1, 0.15) is 12.8 Å². The molecule has 0 fully saturated rings. The fourth-order valence-corrected chi connectivity index (χ4v) is 3.76. The van der Waals surface area contributed by atoms with E-state index in [2.05, 4.69) is 32.0 Å². The lowest BCUT2D eigenvalue weighted by atomic mass is 10.1. The molecule has 190 valence electrons. The van der Waals surface area contributed by atoms with E-state index in [1.54, 1.807) is 0 Å². The molecular formula is C30H26N4O4. The van der Waals surface area contributed by atoms with Crippen LogP contribution in [0, 0.1) is 0 Å². The smallest absolute Gasteiger partial charge is 0.145 e. The van der Waals surface area contributed by atoms with Gasteiger partial charge < -0.3 is 18.9 Å². The first kappa shape index (κ1) is 24.8. The SMILES string of the molecule is C1=NC2=CCCC=C2OCCOc2ccccc2N=C=Nc2ccccc2OCCOc2ccccc2N=1. The van der Waals surface area contributed by atoms with Gasteiger partial charge in [0.15, 0.2) is 0 Å². The Kier molecular flexibility index (Phi) is 8.40. The number of ether oxygens (including phenoxy) is 4. The predicted octanol–water partition coefficient (Wildman–Crippen LogP) is 7.06. The van der Waals surface area contributed by atoms with Crippen LogP contribution in [0.25, 0.3) is 0 Å². The standard InChI is InChI=1S/C30H26N4O4/c1-5-13-27-23(9-1)31-21-32-24-10-2-6-14-28(24)37-19-20-38-30-16-8-4-12-26(30)34-22-33-25-11-3-7-15-29(25)36-18-17-35-27/h1-3,5-7,9-16H,4,8,17-20H2. The van der Waals surface area contributed by atoms with Crippen molar-refractivity contribution in [2.24, 2.45) is 20.0 Å². The van der Waals surface area contributed by atoms with Crippen LogP contribution in [-0.4, -0.2) is 38.4 Å². The number of benzene rings is 3. The molecule has 1 heterocycles. The van der Waals surface area contributed by atoms with E-state index >= 15 is 0 Å². The Bertz CT molecular complexity index is 1460. The van der Waals surface area contributed by atoms with Gasteiger partial charge in [-0.1, -0.05) is 42.5 Å². The lowest BCUT2D eigenvalue weighted by Crippen LogP contribution is -2.09. The number of fused-ring (bicyclic) bond motifs is 4. The van der Waals surface area contributed by atoms with E-state index in [-0.39, 0.29) is 0 Å². The third kappa shape index (κ3) is 6.65. The monoisotopic (exact) mass is 506 g/mol. The van der Waals surface area contributed by atoms with Gasteiger partial charge in [0, 0.05) is 0 Å². The van der Waals surface area contributed by atoms with E-state index in [1.165, 1.54) is 0 Å². The summed E-state index contributed by atoms with van der Waals surface area (Å²) in [5, 5.41) is 0. The Morgan fingerprint density at radius 2 is 0.895 bits per heavy atom. The van der Waals surface area contributed by atoms with Crippen LogP contribution in [0.3, 0.4) is 0 Å². The van der Waals surface area contributed by atoms with Crippen LogP contribution >= 0.6 is 0 Å². The van der Waals surface area contributed by atoms with Gasteiger partial charge in [-0.2, -0.15) is 20.0 Å². The molecule has 0 amide bonds. The third-order valence-corrected chi connectivity index (χ3v) is 5.56. The van der Waals surface area contributed by atoms with Crippen molar-refractivity contribution in [1.29, 1.82) is 0 Å². The molecule has 0 spiro atoms. The molecule has 0 aromatic heterocycles. The molecule has 5 rings (SSSR count). The van der Waals surface area contributed by atoms with Gasteiger partial charge in [0.1, 0.15) is 84.2 Å². The summed E-state index contributed by atoms with van der Waals surface area (Å²) >= 11 is 0. The van der Waals surface area contributed by atoms with Gasteiger partial charge in [-0.15, -0.1) is 0 Å². The van der Waals surface area contributed by atoms with Crippen LogP contribution in [0.5, 0.6) is 17.2 Å². The topological polar surface area (TPSA) is 86.4 Å². The summed E-state index contributed by atoms with van der Waals surface area (Å²) in [5.41, 5.74) is 2.53. The molecule has 0 bridgehead atoms. The van der Waals surface area contributed by atoms with Gasteiger partial charge in [-0.05, 0) is 55.3 Å². The van der Waals surface area contributed by atoms with Crippen molar-refractivity contribution < 1.29 is 18.9 Å². The number of hydrogen-bond donors (Lipinski definition) is 0. The first-order valence-electron chi connectivity index (χ1n) is 12.4. The molecule has 1 aliphatic heterocycles. The number of para-hydroxylation sites is 6. The second-order valence-corrected chi connectivity index (χ2v) is 8.18. The minimum absolute atomic E-state index is 0.310. The lowest BCUT2D eigenvalue weighted by Gasteiger charge is -2.14. The van der Waals surface area contributed by atoms with Gasteiger partial charge >= 0.3 is 0 Å². The number of allylic oxidation sites excluding steroid dienone is 2. The van der Waals surface area contributed by atoms with Crippen molar-refractivity contribution >= 4 is 29.1 Å². The second kappa shape index (κ2) is 12.9. The lowest BCUT2D eigenvalue weighted by molar-refractivity contribution is 0.160. The summed E-state index contributed by atoms with van der Waals surface area (Å²) < 4.78 is 23.8. The van der Waals surface area contributed by atoms with Crippen molar-refractivity contribution in [1.82, 2.24) is 0 Å². The zero-order valence-corrected chi connectivity index (χ0v) is 20.7. The minimum atomic E-state index is 0.310. The molecule has 0 saturated carbocycles. The Labute approximate surface area is 221 Å². The highest BCUT2D eigenvalue weighted by atomic mass is 16.5. The van der Waals surface area contributed by atoms with Gasteiger partial charge in [0.2, 0.25) is 0 Å². The fraction of sp³-hybridized carbons (Fsp3) is 0.200. The third-order valence-electron chi connectivity index (χ3n) is 5.56. The molecule has 1 aliphatic carbocycles. The molecular weight excluding hydrogens is 480 g/mol. The van der Waals surface area contributed by atoms with Crippen LogP contribution < -0.4 is 14.2 Å². The van der Waals surface area contributed by atoms with Gasteiger partial charge in [-0.3, -0.25) is 0 Å². The highest BCUT2D eigenvalue weighted by molar-refractivity contribution is 5.64. The Balaban J connectivity index is 1.42. The Hall–Kier alpha value is -4.90. The maximum atomic E-state index is 5.97. The first-order chi connectivity index (χ1) is 18.9. The number of hydrogen-bond acceptors (Lipinski definition) is 8. The molecule has 0 unspecified atom stereocenters. The second-order valence-electron chi connectivity index (χ2n) is 8.18. The molecule has 38 heavy (non-hydrogen) atoms. The van der Waals surface area contributed by atoms with Crippen molar-refractivity contribution in [3.8, 4) is 17.2 Å². The zero-order valence-electron chi connectivity index (χ0n) is 20.7. The van der Waals surface area contributed by atoms with E-state index in [0.29, 0.717) is 72.2 Å². The maximum Gasteiger partial charge on any atom is 0.145 e. The first-order valence-corrected chi connectivity index (χ1v) is 12.4. The molecule has 0 saturated heterocycles. The van der Waals surface area contributed by atoms with Gasteiger partial charge in [0.25, 0.3) is 0 Å². The summed E-state index contributed by atoms with van der Waals surface area (Å²) in [6, 6.07) is 27.9. The summed E-state index contributed by atoms with van der Waals surface area (Å²) in [6.45, 7) is 1.29. The van der Waals surface area contributed by atoms with E-state index in [1.807, 2.05) is 84.9 Å². The molecule has 8 nitrogen and oxygen atoms in total. The summed E-state index contributed by atoms with van der Waals surface area (Å²) in [7, 11) is 0. The number of rotatable bonds is 0. The van der Waals surface area contributed by atoms with Crippen molar-refractivity contribution in [3.05, 3.63) is 96.4 Å². The summed E-state index contributed by atoms with van der Waals surface area (Å²) in [5.74, 6) is 2.51. The molecule has 3 aromatic rings. The van der Waals surface area contributed by atoms with Gasteiger partial charge in [-0.25, -0.2) is 0 Å². The van der Waals surface area contributed by atoms with Gasteiger partial charge in [0.05, 0.1) is 0 Å². The van der Waals surface area contributed by atoms with Crippen LogP contribution in [0.2, 0.25) is 0 Å². The highest BCUT2D eigenvalue weighted by Crippen LogP contribution is 2.30. The summed E-state index contributed by atoms with van der Waals surface area (Å²) in [6.07, 6.45) is 5.78. The molecule has 0 radical (unpaired) electrons. The normalized spacial score (nSPS) is 15.7. The predicted molar refractivity (Wildman–Crippen MR) is 146 cm³/mol. The Morgan fingerprint density at radius 3 is 1.42 bits per heavy atom. The quantitative estimate of drug-likeness (QED) is 0.327. The van der Waals surface area contributed by atoms with Crippen LogP contribution in [0.15, 0.2) is 116 Å². The summed E-state index contributed by atoms with van der Waals surface area (Å²) in [4.78, 5) is 17.5. The van der Waals surface area contributed by atoms with E-state index < -0.39 is 0 Å². The van der Waals surface area contributed by atoms with Crippen LogP contribution in [0.4, 0.5) is 17.1 Å². The molecule has 8 heteroatoms. The van der Waals surface area contributed by atoms with E-state index in [0.717, 1.165) is 12.8 Å². The molecule has 2 aliphatic rings. The fourth-order valence-electron chi connectivity index (χ4n) is 3.76. The van der Waals surface area contributed by atoms with Crippen molar-refractivity contribution in [3.63, 3.8) is 0 Å². The van der Waals surface area contributed by atoms with E-state index in [4.69, 9.17) is 18.9 Å². The molecule has 0 atom stereocenters. The molecule has 0 N–H and O–H groups in total. The van der Waals surface area contributed by atoms with Crippen molar-refractivity contribution in [2.45, 2.75) is 12.8 Å². The minimum Gasteiger partial charge on any atom is -0.488 e. The average Bonchev–Trinajstić information content (AvgIpc) is 2.96. The largest absolute Gasteiger partial charge is 0.488 e. The zero-order chi connectivity index (χ0) is 25.8. The highest BCUT2D eigenvalue weighted by Gasteiger charge is 2.10.